The molecular formula is C53H85N3O6. The predicted octanol–water partition coefficient (Wildman–Crippen LogP) is 7.92. The molecule has 2 aliphatic heterocycles. The Labute approximate surface area is 374 Å². The molecule has 348 valence electrons. The van der Waals surface area contributed by atoms with Crippen LogP contribution >= 0.6 is 0 Å². The third-order valence-electron chi connectivity index (χ3n) is 18.7. The Morgan fingerprint density at radius 1 is 0.871 bits per heavy atom. The first kappa shape index (κ1) is 46.9. The Kier molecular flexibility index (Phi) is 16.1. The first-order valence-electron chi connectivity index (χ1n) is 26.1. The van der Waals surface area contributed by atoms with E-state index in [2.05, 4.69) is 34.6 Å². The molecule has 7 fully saturated rings. The van der Waals surface area contributed by atoms with Crippen LogP contribution in [0, 0.1) is 70.5 Å². The van der Waals surface area contributed by atoms with E-state index in [1.165, 1.54) is 70.6 Å². The molecule has 2 saturated heterocycles. The van der Waals surface area contributed by atoms with Crippen LogP contribution in [0.2, 0.25) is 0 Å². The fourth-order valence-corrected chi connectivity index (χ4v) is 14.9. The molecule has 9 nitrogen and oxygen atoms in total. The van der Waals surface area contributed by atoms with Crippen molar-refractivity contribution < 1.29 is 29.6 Å². The maximum absolute atomic E-state index is 14.5. The zero-order valence-electron chi connectivity index (χ0n) is 38.5. The van der Waals surface area contributed by atoms with Gasteiger partial charge in [0, 0.05) is 43.9 Å². The number of rotatable bonds is 12. The van der Waals surface area contributed by atoms with Crippen molar-refractivity contribution in [2.24, 2.45) is 64.4 Å². The van der Waals surface area contributed by atoms with Crippen molar-refractivity contribution in [2.75, 3.05) is 13.7 Å². The Morgan fingerprint density at radius 2 is 1.66 bits per heavy atom. The number of ketones is 2. The topological polar surface area (TPSA) is 154 Å². The average Bonchev–Trinajstić information content (AvgIpc) is 3.32. The number of hydrogen-bond acceptors (Lipinski definition) is 9. The third-order valence-corrected chi connectivity index (χ3v) is 18.7. The Morgan fingerprint density at radius 3 is 2.44 bits per heavy atom. The number of piperidine rings is 2. The molecule has 0 aromatic heterocycles. The van der Waals surface area contributed by atoms with Crippen molar-refractivity contribution in [3.05, 3.63) is 12.2 Å². The zero-order chi connectivity index (χ0) is 43.3. The van der Waals surface area contributed by atoms with E-state index in [0.29, 0.717) is 106 Å². The lowest BCUT2D eigenvalue weighted by atomic mass is 9.60. The molecule has 0 amide bonds. The normalized spacial score (nSPS) is 41.6. The van der Waals surface area contributed by atoms with Gasteiger partial charge < -0.3 is 36.4 Å². The number of nitrogens with two attached hydrogens (primary N) is 1. The van der Waals surface area contributed by atoms with Gasteiger partial charge in [-0.15, -0.1) is 0 Å². The van der Waals surface area contributed by atoms with Gasteiger partial charge in [-0.05, 0) is 169 Å². The maximum atomic E-state index is 14.5. The number of aliphatic hydroxyl groups is 3. The maximum Gasteiger partial charge on any atom is 0.153 e. The first-order valence-corrected chi connectivity index (χ1v) is 26.1. The van der Waals surface area contributed by atoms with Gasteiger partial charge in [0.15, 0.2) is 5.78 Å². The van der Waals surface area contributed by atoms with Crippen LogP contribution in [-0.4, -0.2) is 82.7 Å². The van der Waals surface area contributed by atoms with Crippen molar-refractivity contribution in [1.82, 2.24) is 10.6 Å². The van der Waals surface area contributed by atoms with Gasteiger partial charge in [0.2, 0.25) is 0 Å². The van der Waals surface area contributed by atoms with Crippen LogP contribution in [0.4, 0.5) is 0 Å². The van der Waals surface area contributed by atoms with E-state index in [0.717, 1.165) is 51.5 Å². The Balaban J connectivity index is 0.953. The summed E-state index contributed by atoms with van der Waals surface area (Å²) in [6.07, 6.45) is 30.0. The summed E-state index contributed by atoms with van der Waals surface area (Å²) >= 11 is 0. The monoisotopic (exact) mass is 860 g/mol. The fraction of sp³-hybridized carbons (Fsp3) is 0.887. The summed E-state index contributed by atoms with van der Waals surface area (Å²) in [7, 11) is 1.68. The van der Waals surface area contributed by atoms with E-state index < -0.39 is 23.7 Å². The number of fused-ring (bicyclic) bond motifs is 2. The third kappa shape index (κ3) is 11.0. The van der Waals surface area contributed by atoms with Crippen LogP contribution in [0.3, 0.4) is 0 Å². The van der Waals surface area contributed by atoms with E-state index in [-0.39, 0.29) is 47.3 Å². The SMILES string of the molecule is COC1CC2CCC(=O)[C@]3(C#C[C@H](CC[C@H](O)C[C@H](C=CC4CCCCC4)C4CCNC(N)C4)C2CC1O)CC[C@H](CC[C@H]1C[C@H]2CCC(=O)C[C@H]2NC12CCCCC2)C[C@H]3O. The number of allylic oxidation sites excluding steroid dienone is 2. The minimum Gasteiger partial charge on any atom is -0.393 e. The Bertz CT molecular complexity index is 1580. The lowest BCUT2D eigenvalue weighted by Crippen LogP contribution is -2.63. The molecule has 6 unspecified atom stereocenters. The number of ether oxygens (including phenoxy) is 1. The molecule has 8 rings (SSSR count). The molecular weight excluding hydrogens is 775 g/mol. The molecule has 15 atom stereocenters. The molecule has 62 heavy (non-hydrogen) atoms. The average molecular weight is 860 g/mol. The van der Waals surface area contributed by atoms with Gasteiger partial charge >= 0.3 is 0 Å². The molecule has 0 bridgehead atoms. The number of hydrogen-bond donors (Lipinski definition) is 6. The fourth-order valence-electron chi connectivity index (χ4n) is 14.9. The summed E-state index contributed by atoms with van der Waals surface area (Å²) < 4.78 is 5.78. The second kappa shape index (κ2) is 21.3. The van der Waals surface area contributed by atoms with E-state index in [4.69, 9.17) is 10.5 Å². The molecule has 7 N–H and O–H groups in total. The molecule has 9 heteroatoms. The highest BCUT2D eigenvalue weighted by Gasteiger charge is 2.51. The molecule has 2 heterocycles. The van der Waals surface area contributed by atoms with Gasteiger partial charge in [-0.25, -0.2) is 0 Å². The van der Waals surface area contributed by atoms with Gasteiger partial charge in [0.1, 0.15) is 11.2 Å². The predicted molar refractivity (Wildman–Crippen MR) is 244 cm³/mol. The molecule has 2 spiro atoms. The summed E-state index contributed by atoms with van der Waals surface area (Å²) in [5.41, 5.74) is 5.50. The minimum atomic E-state index is -1.05. The highest BCUT2D eigenvalue weighted by atomic mass is 16.5. The molecule has 6 aliphatic carbocycles. The van der Waals surface area contributed by atoms with Gasteiger partial charge in [-0.3, -0.25) is 9.59 Å². The van der Waals surface area contributed by atoms with Crippen molar-refractivity contribution in [3.8, 4) is 11.8 Å². The van der Waals surface area contributed by atoms with Gasteiger partial charge in [0.05, 0.1) is 30.6 Å². The molecule has 0 aromatic rings. The van der Waals surface area contributed by atoms with Crippen LogP contribution in [0.5, 0.6) is 0 Å². The summed E-state index contributed by atoms with van der Waals surface area (Å²) in [5.74, 6) is 10.9. The van der Waals surface area contributed by atoms with E-state index in [9.17, 15) is 24.9 Å². The standard InChI is InChI=1S/C53H85N3O6/c1-62-48-31-40-15-19-49(60)52(25-20-36(28-50(52)61)11-16-42-29-41-14-18-44(58)33-46(41)56-53(42)23-6-3-7-24-53)26-21-37(45(40)34-47(48)59)13-17-43(57)30-38(39-22-27-55-51(54)32-39)12-10-35-8-4-2-5-9-35/h10,12,35-43,45-48,50-51,55-57,59,61H,2-9,11,13-20,22-25,27-34,54H2,1H3/t36-,37-,38-,39?,40?,41+,42-,43-,45?,46+,47?,48?,50+,51?,52+/m0/s1. The second-order valence-corrected chi connectivity index (χ2v) is 22.5. The molecule has 5 saturated carbocycles. The molecule has 0 radical (unpaired) electrons. The summed E-state index contributed by atoms with van der Waals surface area (Å²) in [4.78, 5) is 26.9. The van der Waals surface area contributed by atoms with Crippen molar-refractivity contribution in [2.45, 2.75) is 222 Å². The quantitative estimate of drug-likeness (QED) is 0.0849. The largest absolute Gasteiger partial charge is 0.393 e. The second-order valence-electron chi connectivity index (χ2n) is 22.5. The minimum absolute atomic E-state index is 0.00195. The Hall–Kier alpha value is -1.64. The van der Waals surface area contributed by atoms with Crippen molar-refractivity contribution in [1.29, 1.82) is 0 Å². The number of aliphatic hydroxyl groups excluding tert-OH is 3. The smallest absolute Gasteiger partial charge is 0.153 e. The number of carbonyl (C=O) groups excluding carboxylic acids is 2. The van der Waals surface area contributed by atoms with Gasteiger partial charge in [-0.2, -0.15) is 0 Å². The van der Waals surface area contributed by atoms with Gasteiger partial charge in [-0.1, -0.05) is 68.9 Å². The lowest BCUT2D eigenvalue weighted by molar-refractivity contribution is -0.135. The van der Waals surface area contributed by atoms with Crippen LogP contribution in [-0.2, 0) is 14.3 Å². The number of nitrogens with one attached hydrogen (secondary N) is 2. The summed E-state index contributed by atoms with van der Waals surface area (Å²) in [5, 5.41) is 42.8. The lowest BCUT2D eigenvalue weighted by Gasteiger charge is -2.54. The number of Topliss-reactive ketones (excluding diaryl/α,β-unsaturated/α-hetero) is 2. The van der Waals surface area contributed by atoms with Crippen molar-refractivity contribution in [3.63, 3.8) is 0 Å². The highest BCUT2D eigenvalue weighted by molar-refractivity contribution is 5.89. The zero-order valence-corrected chi connectivity index (χ0v) is 38.5. The van der Waals surface area contributed by atoms with Crippen LogP contribution in [0.25, 0.3) is 0 Å². The van der Waals surface area contributed by atoms with Crippen LogP contribution in [0.1, 0.15) is 180 Å². The summed E-state index contributed by atoms with van der Waals surface area (Å²) in [6, 6.07) is 0.346. The van der Waals surface area contributed by atoms with Crippen molar-refractivity contribution >= 4 is 11.6 Å². The summed E-state index contributed by atoms with van der Waals surface area (Å²) in [6.45, 7) is 0.915. The van der Waals surface area contributed by atoms with E-state index >= 15 is 0 Å². The van der Waals surface area contributed by atoms with E-state index in [1.807, 2.05) is 0 Å². The van der Waals surface area contributed by atoms with Crippen LogP contribution in [0.15, 0.2) is 12.2 Å². The first-order chi connectivity index (χ1) is 30.0. The number of methoxy groups -OCH3 is 1. The molecule has 0 aromatic carbocycles. The van der Waals surface area contributed by atoms with E-state index in [1.54, 1.807) is 7.11 Å². The van der Waals surface area contributed by atoms with Gasteiger partial charge in [0.25, 0.3) is 0 Å². The highest BCUT2D eigenvalue weighted by Crippen LogP contribution is 2.50. The van der Waals surface area contributed by atoms with Crippen LogP contribution < -0.4 is 16.4 Å². The number of carbonyl (C=O) groups is 2. The molecule has 8 aliphatic rings.